The number of amides is 1. The third kappa shape index (κ3) is 1.83. The number of nitrogens with one attached hydrogen (secondary N) is 1. The van der Waals surface area contributed by atoms with Crippen LogP contribution in [0.4, 0.5) is 5.69 Å². The van der Waals surface area contributed by atoms with E-state index in [1.54, 1.807) is 0 Å². The average molecular weight is 216 g/mol. The van der Waals surface area contributed by atoms with Gasteiger partial charge in [0.15, 0.2) is 0 Å². The molecule has 1 aliphatic carbocycles. The molecule has 1 heterocycles. The largest absolute Gasteiger partial charge is 0.326 e. The minimum Gasteiger partial charge on any atom is -0.326 e. The van der Waals surface area contributed by atoms with Crippen molar-refractivity contribution >= 4 is 11.6 Å². The maximum absolute atomic E-state index is 11.2. The van der Waals surface area contributed by atoms with Gasteiger partial charge in [-0.25, -0.2) is 0 Å². The van der Waals surface area contributed by atoms with E-state index in [9.17, 15) is 4.79 Å². The fourth-order valence-corrected chi connectivity index (χ4v) is 2.33. The van der Waals surface area contributed by atoms with Crippen molar-refractivity contribution in [2.24, 2.45) is 11.7 Å². The molecule has 0 aromatic heterocycles. The van der Waals surface area contributed by atoms with Gasteiger partial charge in [-0.2, -0.15) is 0 Å². The predicted molar refractivity (Wildman–Crippen MR) is 63.0 cm³/mol. The van der Waals surface area contributed by atoms with E-state index in [-0.39, 0.29) is 11.9 Å². The van der Waals surface area contributed by atoms with Crippen LogP contribution in [0.15, 0.2) is 18.2 Å². The molecule has 3 rings (SSSR count). The highest BCUT2D eigenvalue weighted by Gasteiger charge is 2.25. The Labute approximate surface area is 95.0 Å². The summed E-state index contributed by atoms with van der Waals surface area (Å²) in [5.41, 5.74) is 9.37. The number of nitrogens with two attached hydrogens (primary N) is 1. The quantitative estimate of drug-likeness (QED) is 0.811. The molecule has 1 saturated carbocycles. The summed E-state index contributed by atoms with van der Waals surface area (Å²) in [7, 11) is 0. The number of carbonyl (C=O) groups excluding carboxylic acids is 1. The summed E-state index contributed by atoms with van der Waals surface area (Å²) in [6.45, 7) is 0. The molecule has 0 radical (unpaired) electrons. The summed E-state index contributed by atoms with van der Waals surface area (Å²) >= 11 is 0. The molecule has 3 N–H and O–H groups in total. The first-order valence-electron chi connectivity index (χ1n) is 5.90. The van der Waals surface area contributed by atoms with E-state index in [1.807, 2.05) is 12.1 Å². The van der Waals surface area contributed by atoms with Crippen molar-refractivity contribution in [3.63, 3.8) is 0 Å². The highest BCUT2D eigenvalue weighted by molar-refractivity contribution is 5.99. The third-order valence-corrected chi connectivity index (χ3v) is 3.47. The van der Waals surface area contributed by atoms with Gasteiger partial charge in [-0.05, 0) is 29.5 Å². The smallest absolute Gasteiger partial charge is 0.228 e. The van der Waals surface area contributed by atoms with Crippen molar-refractivity contribution in [1.82, 2.24) is 0 Å². The van der Waals surface area contributed by atoms with Gasteiger partial charge in [0, 0.05) is 11.7 Å². The molecule has 1 amide bonds. The van der Waals surface area contributed by atoms with Gasteiger partial charge >= 0.3 is 0 Å². The Hall–Kier alpha value is -1.35. The minimum atomic E-state index is 0.0860. The van der Waals surface area contributed by atoms with E-state index in [0.29, 0.717) is 6.42 Å². The van der Waals surface area contributed by atoms with Crippen LogP contribution in [0, 0.1) is 5.92 Å². The fourth-order valence-electron chi connectivity index (χ4n) is 2.33. The molecular formula is C13H16N2O. The van der Waals surface area contributed by atoms with Gasteiger partial charge in [-0.3, -0.25) is 4.79 Å². The average Bonchev–Trinajstić information content (AvgIpc) is 2.96. The molecule has 16 heavy (non-hydrogen) atoms. The highest BCUT2D eigenvalue weighted by Crippen LogP contribution is 2.37. The van der Waals surface area contributed by atoms with Crippen LogP contribution in [0.25, 0.3) is 0 Å². The number of rotatable bonds is 3. The van der Waals surface area contributed by atoms with Crippen molar-refractivity contribution in [2.75, 3.05) is 5.32 Å². The second-order valence-corrected chi connectivity index (χ2v) is 4.93. The molecule has 84 valence electrons. The maximum atomic E-state index is 11.2. The van der Waals surface area contributed by atoms with E-state index in [1.165, 1.54) is 18.4 Å². The maximum Gasteiger partial charge on any atom is 0.228 e. The number of anilines is 1. The van der Waals surface area contributed by atoms with Crippen LogP contribution in [-0.4, -0.2) is 5.91 Å². The first kappa shape index (κ1) is 9.85. The van der Waals surface area contributed by atoms with Crippen molar-refractivity contribution in [3.8, 4) is 0 Å². The van der Waals surface area contributed by atoms with Crippen LogP contribution in [0.1, 0.15) is 36.4 Å². The first-order chi connectivity index (χ1) is 7.72. The predicted octanol–water partition coefficient (Wildman–Crippen LogP) is 1.98. The number of fused-ring (bicyclic) bond motifs is 1. The van der Waals surface area contributed by atoms with Gasteiger partial charge in [0.25, 0.3) is 0 Å². The molecule has 2 aliphatic rings. The van der Waals surface area contributed by atoms with Crippen LogP contribution in [0.3, 0.4) is 0 Å². The van der Waals surface area contributed by atoms with Crippen LogP contribution in [-0.2, 0) is 11.2 Å². The summed E-state index contributed by atoms with van der Waals surface area (Å²) < 4.78 is 0. The van der Waals surface area contributed by atoms with Crippen LogP contribution >= 0.6 is 0 Å². The SMILES string of the molecule is NC(CC1CC1)c1ccc2c(c1)CC(=O)N2. The molecule has 0 spiro atoms. The molecule has 3 heteroatoms. The molecule has 1 aliphatic heterocycles. The van der Waals surface area contributed by atoms with E-state index in [0.717, 1.165) is 23.6 Å². The van der Waals surface area contributed by atoms with Gasteiger partial charge in [0.1, 0.15) is 0 Å². The van der Waals surface area contributed by atoms with Crippen LogP contribution in [0.2, 0.25) is 0 Å². The van der Waals surface area contributed by atoms with Crippen molar-refractivity contribution in [2.45, 2.75) is 31.7 Å². The Morgan fingerprint density at radius 3 is 3.00 bits per heavy atom. The van der Waals surface area contributed by atoms with Crippen molar-refractivity contribution in [1.29, 1.82) is 0 Å². The second-order valence-electron chi connectivity index (χ2n) is 4.93. The first-order valence-corrected chi connectivity index (χ1v) is 5.90. The van der Waals surface area contributed by atoms with E-state index in [2.05, 4.69) is 11.4 Å². The summed E-state index contributed by atoms with van der Waals surface area (Å²) in [4.78, 5) is 11.2. The second kappa shape index (κ2) is 3.59. The summed E-state index contributed by atoms with van der Waals surface area (Å²) in [6.07, 6.45) is 4.25. The summed E-state index contributed by atoms with van der Waals surface area (Å²) in [5, 5.41) is 2.84. The Morgan fingerprint density at radius 1 is 1.44 bits per heavy atom. The third-order valence-electron chi connectivity index (χ3n) is 3.47. The Bertz CT molecular complexity index is 438. The number of hydrogen-bond acceptors (Lipinski definition) is 2. The molecule has 1 atom stereocenters. The zero-order chi connectivity index (χ0) is 11.1. The highest BCUT2D eigenvalue weighted by atomic mass is 16.1. The lowest BCUT2D eigenvalue weighted by molar-refractivity contribution is -0.115. The topological polar surface area (TPSA) is 55.1 Å². The van der Waals surface area contributed by atoms with Gasteiger partial charge in [-0.1, -0.05) is 25.0 Å². The zero-order valence-electron chi connectivity index (χ0n) is 9.20. The Kier molecular flexibility index (Phi) is 2.21. The molecule has 1 aromatic carbocycles. The lowest BCUT2D eigenvalue weighted by atomic mass is 9.99. The molecular weight excluding hydrogens is 200 g/mol. The Balaban J connectivity index is 1.80. The van der Waals surface area contributed by atoms with E-state index >= 15 is 0 Å². The number of benzene rings is 1. The minimum absolute atomic E-state index is 0.0860. The van der Waals surface area contributed by atoms with Gasteiger partial charge in [-0.15, -0.1) is 0 Å². The van der Waals surface area contributed by atoms with E-state index < -0.39 is 0 Å². The van der Waals surface area contributed by atoms with Crippen molar-refractivity contribution < 1.29 is 4.79 Å². The van der Waals surface area contributed by atoms with Gasteiger partial charge in [0.2, 0.25) is 5.91 Å². The molecule has 0 bridgehead atoms. The monoisotopic (exact) mass is 216 g/mol. The standard InChI is InChI=1S/C13H16N2O/c14-11(5-8-1-2-8)9-3-4-12-10(6-9)7-13(16)15-12/h3-4,6,8,11H,1-2,5,7,14H2,(H,15,16). The normalized spacial score (nSPS) is 20.4. The molecule has 0 saturated heterocycles. The Morgan fingerprint density at radius 2 is 2.25 bits per heavy atom. The number of hydrogen-bond donors (Lipinski definition) is 2. The van der Waals surface area contributed by atoms with Crippen LogP contribution in [0.5, 0.6) is 0 Å². The lowest BCUT2D eigenvalue weighted by Gasteiger charge is -2.12. The summed E-state index contributed by atoms with van der Waals surface area (Å²) in [5.74, 6) is 0.922. The van der Waals surface area contributed by atoms with Crippen molar-refractivity contribution in [3.05, 3.63) is 29.3 Å². The fraction of sp³-hybridized carbons (Fsp3) is 0.462. The molecule has 1 fully saturated rings. The van der Waals surface area contributed by atoms with E-state index in [4.69, 9.17) is 5.73 Å². The van der Waals surface area contributed by atoms with Gasteiger partial charge in [0.05, 0.1) is 6.42 Å². The van der Waals surface area contributed by atoms with Gasteiger partial charge < -0.3 is 11.1 Å². The van der Waals surface area contributed by atoms with Crippen LogP contribution < -0.4 is 11.1 Å². The lowest BCUT2D eigenvalue weighted by Crippen LogP contribution is -2.11. The molecule has 3 nitrogen and oxygen atoms in total. The molecule has 1 unspecified atom stereocenters. The number of carbonyl (C=O) groups is 1. The summed E-state index contributed by atoms with van der Waals surface area (Å²) in [6, 6.07) is 6.23. The zero-order valence-corrected chi connectivity index (χ0v) is 9.20. The molecule has 1 aromatic rings.